The number of ether oxygens (including phenoxy) is 1. The van der Waals surface area contributed by atoms with Gasteiger partial charge in [0.1, 0.15) is 5.76 Å². The Morgan fingerprint density at radius 1 is 1.10 bits per heavy atom. The summed E-state index contributed by atoms with van der Waals surface area (Å²) in [6.45, 7) is 0. The topological polar surface area (TPSA) is 113 Å². The zero-order valence-electron chi connectivity index (χ0n) is 16.2. The number of amides is 1. The molecule has 31 heavy (non-hydrogen) atoms. The molecule has 1 saturated heterocycles. The average molecular weight is 438 g/mol. The molecular formula is C22H16ClN3O5. The zero-order chi connectivity index (χ0) is 22.1. The number of nitrogens with zero attached hydrogens (tertiary/aromatic N) is 3. The molecule has 1 aromatic heterocycles. The van der Waals surface area contributed by atoms with E-state index in [9.17, 15) is 19.8 Å². The van der Waals surface area contributed by atoms with Crippen molar-refractivity contribution in [2.24, 2.45) is 0 Å². The first-order valence-electron chi connectivity index (χ1n) is 9.13. The summed E-state index contributed by atoms with van der Waals surface area (Å²) in [6.07, 6.45) is 2.88. The summed E-state index contributed by atoms with van der Waals surface area (Å²) >= 11 is 5.92. The first-order valence-corrected chi connectivity index (χ1v) is 9.51. The van der Waals surface area contributed by atoms with Crippen LogP contribution < -0.4 is 9.64 Å². The molecule has 1 fully saturated rings. The van der Waals surface area contributed by atoms with Crippen molar-refractivity contribution in [3.8, 4) is 11.5 Å². The summed E-state index contributed by atoms with van der Waals surface area (Å²) in [6, 6.07) is 11.1. The SMILES string of the molecule is COc1cc(C2/C(=C(/O)c3ccc(Cl)cc3)C(=O)C(=O)N2c2ncccn2)ccc1O. The molecule has 1 unspecified atom stereocenters. The third-order valence-electron chi connectivity index (χ3n) is 4.85. The Balaban J connectivity index is 1.96. The zero-order valence-corrected chi connectivity index (χ0v) is 16.9. The number of hydrogen-bond acceptors (Lipinski definition) is 7. The van der Waals surface area contributed by atoms with E-state index in [1.807, 2.05) is 0 Å². The van der Waals surface area contributed by atoms with E-state index in [1.54, 1.807) is 30.3 Å². The molecule has 156 valence electrons. The van der Waals surface area contributed by atoms with Crippen molar-refractivity contribution in [3.63, 3.8) is 0 Å². The van der Waals surface area contributed by atoms with Gasteiger partial charge in [-0.1, -0.05) is 17.7 Å². The van der Waals surface area contributed by atoms with Gasteiger partial charge in [0.25, 0.3) is 5.78 Å². The summed E-state index contributed by atoms with van der Waals surface area (Å²) in [4.78, 5) is 35.3. The highest BCUT2D eigenvalue weighted by Gasteiger charge is 2.48. The van der Waals surface area contributed by atoms with Gasteiger partial charge in [-0.15, -0.1) is 0 Å². The lowest BCUT2D eigenvalue weighted by molar-refractivity contribution is -0.132. The van der Waals surface area contributed by atoms with E-state index >= 15 is 0 Å². The maximum atomic E-state index is 13.0. The molecule has 0 bridgehead atoms. The fraction of sp³-hybridized carbons (Fsp3) is 0.0909. The number of methoxy groups -OCH3 is 1. The Kier molecular flexibility index (Phi) is 5.31. The summed E-state index contributed by atoms with van der Waals surface area (Å²) in [5.41, 5.74) is 0.580. The fourth-order valence-electron chi connectivity index (χ4n) is 3.40. The number of carbonyl (C=O) groups excluding carboxylic acids is 2. The van der Waals surface area contributed by atoms with Crippen molar-refractivity contribution in [2.75, 3.05) is 12.0 Å². The second-order valence-corrected chi connectivity index (χ2v) is 7.09. The molecule has 2 aromatic carbocycles. The molecule has 0 saturated carbocycles. The number of benzene rings is 2. The van der Waals surface area contributed by atoms with Crippen LogP contribution in [0.1, 0.15) is 17.2 Å². The summed E-state index contributed by atoms with van der Waals surface area (Å²) in [7, 11) is 1.38. The van der Waals surface area contributed by atoms with Crippen LogP contribution in [0.2, 0.25) is 5.02 Å². The predicted octanol–water partition coefficient (Wildman–Crippen LogP) is 3.47. The minimum atomic E-state index is -1.05. The van der Waals surface area contributed by atoms with Crippen molar-refractivity contribution >= 4 is 35.0 Å². The van der Waals surface area contributed by atoms with Gasteiger partial charge in [-0.25, -0.2) is 9.97 Å². The Bertz CT molecular complexity index is 1200. The molecule has 0 radical (unpaired) electrons. The fourth-order valence-corrected chi connectivity index (χ4v) is 3.52. The number of Topliss-reactive ketones (excluding diaryl/α,β-unsaturated/α-hetero) is 1. The Hall–Kier alpha value is -3.91. The number of phenols is 1. The van der Waals surface area contributed by atoms with Crippen LogP contribution in [0, 0.1) is 0 Å². The average Bonchev–Trinajstić information content (AvgIpc) is 3.05. The van der Waals surface area contributed by atoms with Gasteiger partial charge in [0, 0.05) is 23.0 Å². The third-order valence-corrected chi connectivity index (χ3v) is 5.10. The third kappa shape index (κ3) is 3.57. The second kappa shape index (κ2) is 8.08. The van der Waals surface area contributed by atoms with Crippen molar-refractivity contribution in [2.45, 2.75) is 6.04 Å². The van der Waals surface area contributed by atoms with Gasteiger partial charge < -0.3 is 14.9 Å². The van der Waals surface area contributed by atoms with Gasteiger partial charge in [0.2, 0.25) is 5.95 Å². The molecule has 4 rings (SSSR count). The van der Waals surface area contributed by atoms with E-state index in [0.717, 1.165) is 4.90 Å². The number of carbonyl (C=O) groups is 2. The molecule has 0 aliphatic carbocycles. The van der Waals surface area contributed by atoms with E-state index in [4.69, 9.17) is 16.3 Å². The van der Waals surface area contributed by atoms with Crippen LogP contribution >= 0.6 is 11.6 Å². The van der Waals surface area contributed by atoms with Gasteiger partial charge in [0.05, 0.1) is 18.7 Å². The minimum Gasteiger partial charge on any atom is -0.507 e. The van der Waals surface area contributed by atoms with Crippen LogP contribution in [-0.2, 0) is 9.59 Å². The number of ketones is 1. The van der Waals surface area contributed by atoms with Crippen LogP contribution in [0.15, 0.2) is 66.5 Å². The lowest BCUT2D eigenvalue weighted by Gasteiger charge is -2.23. The van der Waals surface area contributed by atoms with E-state index in [2.05, 4.69) is 9.97 Å². The summed E-state index contributed by atoms with van der Waals surface area (Å²) in [5.74, 6) is -2.13. The van der Waals surface area contributed by atoms with Gasteiger partial charge in [-0.3, -0.25) is 14.5 Å². The second-order valence-electron chi connectivity index (χ2n) is 6.66. The number of halogens is 1. The molecule has 1 aliphatic heterocycles. The Morgan fingerprint density at radius 3 is 2.42 bits per heavy atom. The molecule has 9 heteroatoms. The summed E-state index contributed by atoms with van der Waals surface area (Å²) in [5, 5.41) is 21.4. The minimum absolute atomic E-state index is 0.00296. The van der Waals surface area contributed by atoms with E-state index in [1.165, 1.54) is 37.7 Å². The van der Waals surface area contributed by atoms with Gasteiger partial charge in [-0.2, -0.15) is 0 Å². The molecule has 0 spiro atoms. The number of aromatic nitrogens is 2. The highest BCUT2D eigenvalue weighted by atomic mass is 35.5. The van der Waals surface area contributed by atoms with Crippen molar-refractivity contribution < 1.29 is 24.5 Å². The van der Waals surface area contributed by atoms with Gasteiger partial charge >= 0.3 is 5.91 Å². The summed E-state index contributed by atoms with van der Waals surface area (Å²) < 4.78 is 5.17. The monoisotopic (exact) mass is 437 g/mol. The number of rotatable bonds is 4. The van der Waals surface area contributed by atoms with Crippen LogP contribution in [0.4, 0.5) is 5.95 Å². The maximum absolute atomic E-state index is 13.0. The van der Waals surface area contributed by atoms with E-state index in [0.29, 0.717) is 16.1 Å². The largest absolute Gasteiger partial charge is 0.507 e. The molecule has 1 atom stereocenters. The molecular weight excluding hydrogens is 422 g/mol. The normalized spacial score (nSPS) is 17.7. The Labute approximate surface area is 182 Å². The number of aliphatic hydroxyl groups excluding tert-OH is 1. The van der Waals surface area contributed by atoms with Gasteiger partial charge in [0.15, 0.2) is 11.5 Å². The number of anilines is 1. The maximum Gasteiger partial charge on any atom is 0.302 e. The first kappa shape index (κ1) is 20.4. The van der Waals surface area contributed by atoms with Crippen molar-refractivity contribution in [1.29, 1.82) is 0 Å². The quantitative estimate of drug-likeness (QED) is 0.365. The number of aliphatic hydroxyl groups is 1. The molecule has 8 nitrogen and oxygen atoms in total. The number of phenolic OH excluding ortho intramolecular Hbond substituents is 1. The lowest BCUT2D eigenvalue weighted by atomic mass is 9.95. The van der Waals surface area contributed by atoms with Crippen LogP contribution in [0.3, 0.4) is 0 Å². The highest BCUT2D eigenvalue weighted by Crippen LogP contribution is 2.43. The van der Waals surface area contributed by atoms with Gasteiger partial charge in [-0.05, 0) is 48.0 Å². The predicted molar refractivity (Wildman–Crippen MR) is 113 cm³/mol. The van der Waals surface area contributed by atoms with Crippen molar-refractivity contribution in [1.82, 2.24) is 9.97 Å². The number of aromatic hydroxyl groups is 1. The molecule has 1 amide bonds. The highest BCUT2D eigenvalue weighted by molar-refractivity contribution is 6.51. The van der Waals surface area contributed by atoms with Crippen molar-refractivity contribution in [3.05, 3.63) is 82.6 Å². The first-order chi connectivity index (χ1) is 14.9. The van der Waals surface area contributed by atoms with E-state index < -0.39 is 17.7 Å². The lowest BCUT2D eigenvalue weighted by Crippen LogP contribution is -2.31. The molecule has 2 heterocycles. The standard InChI is InChI=1S/C22H16ClN3O5/c1-31-16-11-13(5-8-15(16)27)18-17(19(28)12-3-6-14(23)7-4-12)20(29)21(30)26(18)22-24-9-2-10-25-22/h2-11,18,27-28H,1H3/b19-17-. The van der Waals surface area contributed by atoms with Crippen LogP contribution in [0.25, 0.3) is 5.76 Å². The van der Waals surface area contributed by atoms with E-state index in [-0.39, 0.29) is 28.8 Å². The molecule has 1 aliphatic rings. The van der Waals surface area contributed by atoms with Crippen LogP contribution in [0.5, 0.6) is 11.5 Å². The molecule has 2 N–H and O–H groups in total. The molecule has 3 aromatic rings. The van der Waals surface area contributed by atoms with Crippen LogP contribution in [-0.4, -0.2) is 39.0 Å². The smallest absolute Gasteiger partial charge is 0.302 e. The number of hydrogen-bond donors (Lipinski definition) is 2. The Morgan fingerprint density at radius 2 is 1.77 bits per heavy atom.